The maximum absolute atomic E-state index is 13.0. The summed E-state index contributed by atoms with van der Waals surface area (Å²) in [6, 6.07) is 2.86. The van der Waals surface area contributed by atoms with Crippen LogP contribution < -0.4 is 4.72 Å². The molecule has 1 rings (SSSR count). The molecule has 7 heteroatoms. The molecule has 0 heterocycles. The lowest BCUT2D eigenvalue weighted by Crippen LogP contribution is -2.33. The summed E-state index contributed by atoms with van der Waals surface area (Å²) >= 11 is 11.2. The third-order valence-electron chi connectivity index (χ3n) is 2.08. The largest absolute Gasteiger partial charge is 0.242 e. The molecule has 0 spiro atoms. The molecule has 1 unspecified atom stereocenters. The highest BCUT2D eigenvalue weighted by atomic mass is 35.5. The summed E-state index contributed by atoms with van der Waals surface area (Å²) in [5.41, 5.74) is 0. The van der Waals surface area contributed by atoms with E-state index in [9.17, 15) is 12.8 Å². The van der Waals surface area contributed by atoms with Gasteiger partial charge in [0.05, 0.1) is 5.02 Å². The number of rotatable bonds is 5. The van der Waals surface area contributed by atoms with E-state index in [1.807, 2.05) is 0 Å². The summed E-state index contributed by atoms with van der Waals surface area (Å²) in [6.45, 7) is 1.67. The van der Waals surface area contributed by atoms with Crippen molar-refractivity contribution in [2.24, 2.45) is 0 Å². The zero-order valence-electron chi connectivity index (χ0n) is 9.08. The topological polar surface area (TPSA) is 46.2 Å². The first kappa shape index (κ1) is 14.7. The Balaban J connectivity index is 3.01. The molecule has 0 fully saturated rings. The van der Waals surface area contributed by atoms with E-state index in [0.29, 0.717) is 12.3 Å². The average molecular weight is 300 g/mol. The maximum Gasteiger partial charge on any atom is 0.242 e. The van der Waals surface area contributed by atoms with Crippen LogP contribution in [0.25, 0.3) is 0 Å². The quantitative estimate of drug-likeness (QED) is 0.850. The fraction of sp³-hybridized carbons (Fsp3) is 0.400. The van der Waals surface area contributed by atoms with Crippen molar-refractivity contribution in [1.82, 2.24) is 4.72 Å². The van der Waals surface area contributed by atoms with Gasteiger partial charge >= 0.3 is 0 Å². The van der Waals surface area contributed by atoms with Gasteiger partial charge in [-0.25, -0.2) is 17.5 Å². The van der Waals surface area contributed by atoms with Crippen molar-refractivity contribution < 1.29 is 12.8 Å². The number of sulfonamides is 1. The first-order valence-electron chi connectivity index (χ1n) is 4.90. The van der Waals surface area contributed by atoms with Crippen LogP contribution in [-0.2, 0) is 10.0 Å². The SMILES string of the molecule is CC(CCCl)NS(=O)(=O)c1cc(F)ccc1Cl. The Morgan fingerprint density at radius 1 is 1.47 bits per heavy atom. The Labute approximate surface area is 110 Å². The highest BCUT2D eigenvalue weighted by Gasteiger charge is 2.20. The molecule has 0 saturated carbocycles. The van der Waals surface area contributed by atoms with Crippen LogP contribution in [0.3, 0.4) is 0 Å². The van der Waals surface area contributed by atoms with Gasteiger partial charge in [0.2, 0.25) is 10.0 Å². The molecule has 0 aliphatic carbocycles. The smallest absolute Gasteiger partial charge is 0.208 e. The van der Waals surface area contributed by atoms with E-state index in [1.54, 1.807) is 6.92 Å². The molecule has 0 radical (unpaired) electrons. The zero-order valence-corrected chi connectivity index (χ0v) is 11.4. The molecule has 0 aliphatic rings. The Morgan fingerprint density at radius 3 is 2.71 bits per heavy atom. The highest BCUT2D eigenvalue weighted by molar-refractivity contribution is 7.89. The Kier molecular flexibility index (Phi) is 5.19. The second-order valence-corrected chi connectivity index (χ2v) is 6.04. The van der Waals surface area contributed by atoms with Gasteiger partial charge in [0.25, 0.3) is 0 Å². The minimum absolute atomic E-state index is 0.0167. The first-order chi connectivity index (χ1) is 7.86. The van der Waals surface area contributed by atoms with Gasteiger partial charge in [-0.05, 0) is 31.5 Å². The minimum Gasteiger partial charge on any atom is -0.208 e. The molecular weight excluding hydrogens is 288 g/mol. The van der Waals surface area contributed by atoms with Crippen molar-refractivity contribution in [3.8, 4) is 0 Å². The number of hydrogen-bond donors (Lipinski definition) is 1. The number of halogens is 3. The van der Waals surface area contributed by atoms with Crippen molar-refractivity contribution in [3.63, 3.8) is 0 Å². The van der Waals surface area contributed by atoms with E-state index in [4.69, 9.17) is 23.2 Å². The lowest BCUT2D eigenvalue weighted by atomic mass is 10.3. The predicted molar refractivity (Wildman–Crippen MR) is 66.5 cm³/mol. The molecule has 1 aromatic carbocycles. The van der Waals surface area contributed by atoms with Gasteiger partial charge in [-0.1, -0.05) is 11.6 Å². The molecule has 1 atom stereocenters. The standard InChI is InChI=1S/C10H12Cl2FNO2S/c1-7(4-5-11)14-17(15,16)10-6-8(13)2-3-9(10)12/h2-3,6-7,14H,4-5H2,1H3. The molecule has 1 N–H and O–H groups in total. The Bertz CT molecular complexity index is 493. The van der Waals surface area contributed by atoms with Crippen LogP contribution in [0.15, 0.2) is 23.1 Å². The van der Waals surface area contributed by atoms with E-state index in [-0.39, 0.29) is 16.0 Å². The molecule has 0 amide bonds. The summed E-state index contributed by atoms with van der Waals surface area (Å²) in [6.07, 6.45) is 0.480. The second-order valence-electron chi connectivity index (χ2n) is 3.57. The van der Waals surface area contributed by atoms with Gasteiger partial charge < -0.3 is 0 Å². The summed E-state index contributed by atoms with van der Waals surface area (Å²) in [4.78, 5) is -0.263. The van der Waals surface area contributed by atoms with Crippen molar-refractivity contribution >= 4 is 33.2 Å². The minimum atomic E-state index is -3.82. The molecule has 0 saturated heterocycles. The third-order valence-corrected chi connectivity index (χ3v) is 4.37. The van der Waals surface area contributed by atoms with Gasteiger partial charge in [-0.2, -0.15) is 0 Å². The summed E-state index contributed by atoms with van der Waals surface area (Å²) in [5, 5.41) is -0.0167. The van der Waals surface area contributed by atoms with E-state index >= 15 is 0 Å². The molecule has 0 aromatic heterocycles. The van der Waals surface area contributed by atoms with Crippen molar-refractivity contribution in [3.05, 3.63) is 29.0 Å². The molecule has 0 aliphatic heterocycles. The lowest BCUT2D eigenvalue weighted by Gasteiger charge is -2.13. The third kappa shape index (κ3) is 4.10. The summed E-state index contributed by atoms with van der Waals surface area (Å²) in [7, 11) is -3.82. The van der Waals surface area contributed by atoms with Gasteiger partial charge in [-0.15, -0.1) is 11.6 Å². The van der Waals surface area contributed by atoms with Crippen molar-refractivity contribution in [2.45, 2.75) is 24.3 Å². The van der Waals surface area contributed by atoms with E-state index < -0.39 is 15.8 Å². The van der Waals surface area contributed by atoms with Crippen LogP contribution >= 0.6 is 23.2 Å². The maximum atomic E-state index is 13.0. The van der Waals surface area contributed by atoms with Crippen molar-refractivity contribution in [1.29, 1.82) is 0 Å². The van der Waals surface area contributed by atoms with Crippen LogP contribution in [-0.4, -0.2) is 20.3 Å². The van der Waals surface area contributed by atoms with Crippen LogP contribution in [0.2, 0.25) is 5.02 Å². The molecule has 3 nitrogen and oxygen atoms in total. The van der Waals surface area contributed by atoms with Crippen LogP contribution in [0, 0.1) is 5.82 Å². The van der Waals surface area contributed by atoms with Gasteiger partial charge in [0, 0.05) is 11.9 Å². The lowest BCUT2D eigenvalue weighted by molar-refractivity contribution is 0.554. The number of hydrogen-bond acceptors (Lipinski definition) is 2. The number of nitrogens with one attached hydrogen (secondary N) is 1. The van der Waals surface area contributed by atoms with Crippen LogP contribution in [0.5, 0.6) is 0 Å². The summed E-state index contributed by atoms with van der Waals surface area (Å²) in [5.74, 6) is -0.319. The van der Waals surface area contributed by atoms with Gasteiger partial charge in [0.15, 0.2) is 0 Å². The molecular formula is C10H12Cl2FNO2S. The average Bonchev–Trinajstić information content (AvgIpc) is 2.21. The highest BCUT2D eigenvalue weighted by Crippen LogP contribution is 2.22. The van der Waals surface area contributed by atoms with Gasteiger partial charge in [0.1, 0.15) is 10.7 Å². The molecule has 96 valence electrons. The van der Waals surface area contributed by atoms with Gasteiger partial charge in [-0.3, -0.25) is 0 Å². The fourth-order valence-electron chi connectivity index (χ4n) is 1.23. The Hall–Kier alpha value is -0.360. The monoisotopic (exact) mass is 299 g/mol. The fourth-order valence-corrected chi connectivity index (χ4v) is 3.35. The normalized spacial score (nSPS) is 13.6. The second kappa shape index (κ2) is 6.00. The predicted octanol–water partition coefficient (Wildman–Crippen LogP) is 2.77. The first-order valence-corrected chi connectivity index (χ1v) is 7.29. The number of alkyl halides is 1. The Morgan fingerprint density at radius 2 is 2.12 bits per heavy atom. The zero-order chi connectivity index (χ0) is 13.1. The van der Waals surface area contributed by atoms with E-state index in [1.165, 1.54) is 6.07 Å². The molecule has 1 aromatic rings. The van der Waals surface area contributed by atoms with Crippen LogP contribution in [0.4, 0.5) is 4.39 Å². The molecule has 17 heavy (non-hydrogen) atoms. The van der Waals surface area contributed by atoms with E-state index in [2.05, 4.69) is 4.72 Å². The molecule has 0 bridgehead atoms. The van der Waals surface area contributed by atoms with E-state index in [0.717, 1.165) is 12.1 Å². The number of benzene rings is 1. The summed E-state index contributed by atoms with van der Waals surface area (Å²) < 4.78 is 39.1. The van der Waals surface area contributed by atoms with Crippen LogP contribution in [0.1, 0.15) is 13.3 Å². The van der Waals surface area contributed by atoms with Crippen molar-refractivity contribution in [2.75, 3.05) is 5.88 Å².